The highest BCUT2D eigenvalue weighted by Gasteiger charge is 2.17. The van der Waals surface area contributed by atoms with Crippen molar-refractivity contribution >= 4 is 15.9 Å². The van der Waals surface area contributed by atoms with Gasteiger partial charge in [-0.1, -0.05) is 5.16 Å². The van der Waals surface area contributed by atoms with Gasteiger partial charge in [-0.05, 0) is 0 Å². The van der Waals surface area contributed by atoms with Crippen molar-refractivity contribution in [2.75, 3.05) is 33.1 Å². The summed E-state index contributed by atoms with van der Waals surface area (Å²) < 4.78 is 28.8. The van der Waals surface area contributed by atoms with Gasteiger partial charge in [0.1, 0.15) is 5.84 Å². The first-order valence-corrected chi connectivity index (χ1v) is 5.94. The van der Waals surface area contributed by atoms with E-state index >= 15 is 0 Å². The van der Waals surface area contributed by atoms with Gasteiger partial charge in [0.2, 0.25) is 10.0 Å². The summed E-state index contributed by atoms with van der Waals surface area (Å²) in [6.07, 6.45) is 0.194. The van der Waals surface area contributed by atoms with Crippen molar-refractivity contribution in [2.45, 2.75) is 6.42 Å². The van der Waals surface area contributed by atoms with E-state index in [0.29, 0.717) is 0 Å². The molecule has 0 aliphatic carbocycles. The van der Waals surface area contributed by atoms with Crippen molar-refractivity contribution in [1.82, 2.24) is 4.31 Å². The van der Waals surface area contributed by atoms with E-state index in [9.17, 15) is 8.42 Å². The van der Waals surface area contributed by atoms with Crippen LogP contribution in [0.1, 0.15) is 6.42 Å². The zero-order valence-electron chi connectivity index (χ0n) is 8.88. The molecule has 0 aromatic rings. The van der Waals surface area contributed by atoms with Gasteiger partial charge in [0.15, 0.2) is 0 Å². The van der Waals surface area contributed by atoms with Crippen molar-refractivity contribution in [1.29, 1.82) is 0 Å². The van der Waals surface area contributed by atoms with Gasteiger partial charge < -0.3 is 15.7 Å². The van der Waals surface area contributed by atoms with E-state index in [-0.39, 0.29) is 31.2 Å². The molecule has 0 amide bonds. The van der Waals surface area contributed by atoms with Crippen molar-refractivity contribution in [3.05, 3.63) is 0 Å². The Hall–Kier alpha value is -0.860. The number of sulfonamides is 1. The molecule has 15 heavy (non-hydrogen) atoms. The molecule has 0 saturated carbocycles. The lowest BCUT2D eigenvalue weighted by Crippen LogP contribution is -2.33. The molecule has 7 nitrogen and oxygen atoms in total. The molecule has 0 aliphatic rings. The van der Waals surface area contributed by atoms with E-state index < -0.39 is 10.0 Å². The Morgan fingerprint density at radius 2 is 2.20 bits per heavy atom. The lowest BCUT2D eigenvalue weighted by atomic mass is 10.4. The molecule has 0 fully saturated rings. The largest absolute Gasteiger partial charge is 0.409 e. The van der Waals surface area contributed by atoms with Gasteiger partial charge in [0, 0.05) is 27.1 Å². The number of oxime groups is 1. The zero-order chi connectivity index (χ0) is 11.9. The van der Waals surface area contributed by atoms with Crippen molar-refractivity contribution in [2.24, 2.45) is 10.9 Å². The van der Waals surface area contributed by atoms with Crippen molar-refractivity contribution < 1.29 is 18.4 Å². The molecule has 0 aromatic heterocycles. The molecule has 0 atom stereocenters. The summed E-state index contributed by atoms with van der Waals surface area (Å²) in [4.78, 5) is 0. The first kappa shape index (κ1) is 14.1. The van der Waals surface area contributed by atoms with Crippen molar-refractivity contribution in [3.63, 3.8) is 0 Å². The van der Waals surface area contributed by atoms with E-state index in [1.807, 2.05) is 0 Å². The molecule has 90 valence electrons. The van der Waals surface area contributed by atoms with Crippen LogP contribution >= 0.6 is 0 Å². The molecule has 0 unspecified atom stereocenters. The van der Waals surface area contributed by atoms with Crippen LogP contribution in [-0.4, -0.2) is 56.8 Å². The Kier molecular flexibility index (Phi) is 6.21. The lowest BCUT2D eigenvalue weighted by Gasteiger charge is -2.16. The second kappa shape index (κ2) is 6.59. The molecule has 8 heteroatoms. The molecule has 0 radical (unpaired) electrons. The quantitative estimate of drug-likeness (QED) is 0.257. The minimum atomic E-state index is -3.31. The molecule has 0 aliphatic heterocycles. The topological polar surface area (TPSA) is 105 Å². The second-order valence-corrected chi connectivity index (χ2v) is 5.17. The molecular formula is C7H17N3O4S. The van der Waals surface area contributed by atoms with E-state index in [2.05, 4.69) is 9.89 Å². The summed E-state index contributed by atoms with van der Waals surface area (Å²) in [5, 5.41) is 11.0. The molecule has 0 spiro atoms. The van der Waals surface area contributed by atoms with Gasteiger partial charge in [-0.2, -0.15) is 0 Å². The van der Waals surface area contributed by atoms with Crippen LogP contribution in [-0.2, 0) is 14.8 Å². The molecule has 0 bridgehead atoms. The highest BCUT2D eigenvalue weighted by molar-refractivity contribution is 7.89. The zero-order valence-corrected chi connectivity index (χ0v) is 9.70. The number of nitrogens with zero attached hydrogens (tertiary/aromatic N) is 2. The minimum absolute atomic E-state index is 0.00351. The molecule has 0 rings (SSSR count). The van der Waals surface area contributed by atoms with Gasteiger partial charge >= 0.3 is 0 Å². The monoisotopic (exact) mass is 239 g/mol. The molecule has 3 N–H and O–H groups in total. The van der Waals surface area contributed by atoms with Gasteiger partial charge in [0.05, 0.1) is 12.4 Å². The van der Waals surface area contributed by atoms with Crippen LogP contribution in [0.5, 0.6) is 0 Å². The van der Waals surface area contributed by atoms with Crippen LogP contribution in [0.25, 0.3) is 0 Å². The average Bonchev–Trinajstić information content (AvgIpc) is 2.22. The van der Waals surface area contributed by atoms with Crippen LogP contribution in [0.15, 0.2) is 5.16 Å². The second-order valence-electron chi connectivity index (χ2n) is 2.97. The van der Waals surface area contributed by atoms with Crippen LogP contribution in [0.3, 0.4) is 0 Å². The number of methoxy groups -OCH3 is 1. The Bertz CT molecular complexity index is 301. The fourth-order valence-corrected chi connectivity index (χ4v) is 1.86. The number of nitrogens with two attached hydrogens (primary N) is 1. The normalized spacial score (nSPS) is 13.4. The van der Waals surface area contributed by atoms with Crippen molar-refractivity contribution in [3.8, 4) is 0 Å². The summed E-state index contributed by atoms with van der Waals surface area (Å²) in [5.41, 5.74) is 5.22. The smallest absolute Gasteiger partial charge is 0.216 e. The Morgan fingerprint density at radius 1 is 1.60 bits per heavy atom. The molecular weight excluding hydrogens is 222 g/mol. The Morgan fingerprint density at radius 3 is 2.67 bits per heavy atom. The molecule has 0 saturated heterocycles. The third-order valence-corrected chi connectivity index (χ3v) is 3.65. The number of amidine groups is 1. The van der Waals surface area contributed by atoms with Crippen LogP contribution in [0.4, 0.5) is 0 Å². The third kappa shape index (κ3) is 5.55. The Balaban J connectivity index is 4.14. The average molecular weight is 239 g/mol. The fourth-order valence-electron chi connectivity index (χ4n) is 0.806. The maximum absolute atomic E-state index is 11.5. The third-order valence-electron chi connectivity index (χ3n) is 1.83. The number of rotatable bonds is 7. The summed E-state index contributed by atoms with van der Waals surface area (Å²) >= 11 is 0. The Labute approximate surface area is 89.5 Å². The SMILES string of the molecule is COCCS(=O)(=O)N(C)CCC(N)=NO. The summed E-state index contributed by atoms with van der Waals surface area (Å²) in [7, 11) is -0.434. The minimum Gasteiger partial charge on any atom is -0.409 e. The van der Waals surface area contributed by atoms with Crippen LogP contribution < -0.4 is 5.73 Å². The maximum atomic E-state index is 11.5. The van der Waals surface area contributed by atoms with E-state index in [0.717, 1.165) is 4.31 Å². The number of ether oxygens (including phenoxy) is 1. The van der Waals surface area contributed by atoms with Crippen LogP contribution in [0, 0.1) is 0 Å². The van der Waals surface area contributed by atoms with E-state index in [1.165, 1.54) is 14.2 Å². The lowest BCUT2D eigenvalue weighted by molar-refractivity contribution is 0.216. The highest BCUT2D eigenvalue weighted by Crippen LogP contribution is 1.99. The summed E-state index contributed by atoms with van der Waals surface area (Å²) in [6, 6.07) is 0. The van der Waals surface area contributed by atoms with Gasteiger partial charge in [-0.15, -0.1) is 0 Å². The molecule has 0 heterocycles. The number of hydrogen-bond donors (Lipinski definition) is 2. The van der Waals surface area contributed by atoms with Crippen LogP contribution in [0.2, 0.25) is 0 Å². The van der Waals surface area contributed by atoms with Gasteiger partial charge in [-0.25, -0.2) is 12.7 Å². The van der Waals surface area contributed by atoms with Gasteiger partial charge in [0.25, 0.3) is 0 Å². The predicted octanol–water partition coefficient (Wildman–Crippen LogP) is -0.969. The summed E-state index contributed by atoms with van der Waals surface area (Å²) in [5.74, 6) is -0.0697. The first-order valence-electron chi connectivity index (χ1n) is 4.33. The molecule has 0 aromatic carbocycles. The van der Waals surface area contributed by atoms with Gasteiger partial charge in [-0.3, -0.25) is 0 Å². The predicted molar refractivity (Wildman–Crippen MR) is 56.3 cm³/mol. The maximum Gasteiger partial charge on any atom is 0.216 e. The van der Waals surface area contributed by atoms with E-state index in [1.54, 1.807) is 0 Å². The van der Waals surface area contributed by atoms with E-state index in [4.69, 9.17) is 10.9 Å². The standard InChI is InChI=1S/C7H17N3O4S/c1-10(4-3-7(8)9-11)15(12,13)6-5-14-2/h11H,3-6H2,1-2H3,(H2,8,9). The summed E-state index contributed by atoms with van der Waals surface area (Å²) in [6.45, 7) is 0.332. The first-order chi connectivity index (χ1) is 6.94. The fraction of sp³-hybridized carbons (Fsp3) is 0.857. The number of hydrogen-bond acceptors (Lipinski definition) is 5. The highest BCUT2D eigenvalue weighted by atomic mass is 32.2.